The van der Waals surface area contributed by atoms with E-state index >= 15 is 0 Å². The standard InChI is InChI=1S/C6H6.Ba.2H/c1-3-5-6-4-2;;;/h1-2H,5-6H2;;;. The van der Waals surface area contributed by atoms with Crippen LogP contribution in [0, 0.1) is 24.7 Å². The van der Waals surface area contributed by atoms with Crippen LogP contribution in [0.4, 0.5) is 0 Å². The Bertz CT molecular complexity index is 77.7. The molecule has 1 heteroatoms. The number of terminal acetylenes is 2. The Balaban J connectivity index is 0. The van der Waals surface area contributed by atoms with Crippen molar-refractivity contribution >= 4 is 48.9 Å². The molecule has 34 valence electrons. The Labute approximate surface area is 85.1 Å². The molecule has 0 saturated heterocycles. The van der Waals surface area contributed by atoms with Gasteiger partial charge < -0.3 is 0 Å². The van der Waals surface area contributed by atoms with Gasteiger partial charge in [-0.2, -0.15) is 0 Å². The summed E-state index contributed by atoms with van der Waals surface area (Å²) in [6.07, 6.45) is 11.1. The monoisotopic (exact) mass is 218 g/mol. The first-order chi connectivity index (χ1) is 2.91. The van der Waals surface area contributed by atoms with E-state index in [0.717, 1.165) is 0 Å². The van der Waals surface area contributed by atoms with Crippen molar-refractivity contribution in [2.45, 2.75) is 12.8 Å². The van der Waals surface area contributed by atoms with Crippen molar-refractivity contribution in [3.63, 3.8) is 0 Å². The van der Waals surface area contributed by atoms with Crippen LogP contribution in [0.2, 0.25) is 0 Å². The summed E-state index contributed by atoms with van der Waals surface area (Å²) < 4.78 is 0. The minimum atomic E-state index is 0. The van der Waals surface area contributed by atoms with Crippen molar-refractivity contribution in [3.05, 3.63) is 0 Å². The van der Waals surface area contributed by atoms with E-state index in [9.17, 15) is 0 Å². The van der Waals surface area contributed by atoms with Gasteiger partial charge in [0.1, 0.15) is 0 Å². The van der Waals surface area contributed by atoms with Gasteiger partial charge in [0.05, 0.1) is 0 Å². The summed E-state index contributed by atoms with van der Waals surface area (Å²) in [5, 5.41) is 0. The summed E-state index contributed by atoms with van der Waals surface area (Å²) in [7, 11) is 0. The van der Waals surface area contributed by atoms with Gasteiger partial charge in [-0.05, 0) is 0 Å². The second kappa shape index (κ2) is 9.85. The Morgan fingerprint density at radius 1 is 1.00 bits per heavy atom. The Hall–Kier alpha value is 0.691. The first-order valence-electron chi connectivity index (χ1n) is 1.78. The van der Waals surface area contributed by atoms with Crippen molar-refractivity contribution in [2.75, 3.05) is 0 Å². The minimum absolute atomic E-state index is 0. The van der Waals surface area contributed by atoms with Gasteiger partial charge in [0.15, 0.2) is 0 Å². The van der Waals surface area contributed by atoms with Crippen LogP contribution in [0.1, 0.15) is 12.8 Å². The molecule has 0 aliphatic carbocycles. The third-order valence-corrected chi connectivity index (χ3v) is 0.414. The zero-order chi connectivity index (χ0) is 4.83. The van der Waals surface area contributed by atoms with E-state index in [-0.39, 0.29) is 48.9 Å². The van der Waals surface area contributed by atoms with Crippen molar-refractivity contribution in [3.8, 4) is 24.7 Å². The van der Waals surface area contributed by atoms with Crippen molar-refractivity contribution in [1.82, 2.24) is 0 Å². The average Bonchev–Trinajstić information content (AvgIpc) is 1.61. The number of unbranched alkanes of at least 4 members (excludes halogenated alkanes) is 1. The summed E-state index contributed by atoms with van der Waals surface area (Å²) in [6.45, 7) is 0. The molecule has 0 rings (SSSR count). The van der Waals surface area contributed by atoms with Gasteiger partial charge in [-0.3, -0.25) is 0 Å². The van der Waals surface area contributed by atoms with Crippen LogP contribution in [0.25, 0.3) is 0 Å². The van der Waals surface area contributed by atoms with Crippen LogP contribution in [-0.2, 0) is 0 Å². The summed E-state index contributed by atoms with van der Waals surface area (Å²) in [4.78, 5) is 0. The van der Waals surface area contributed by atoms with Crippen LogP contribution in [0.15, 0.2) is 0 Å². The van der Waals surface area contributed by atoms with Crippen LogP contribution in [-0.4, -0.2) is 48.9 Å². The van der Waals surface area contributed by atoms with E-state index in [1.54, 1.807) is 0 Å². The van der Waals surface area contributed by atoms with Crippen LogP contribution >= 0.6 is 0 Å². The molecule has 0 nitrogen and oxygen atoms in total. The van der Waals surface area contributed by atoms with Crippen molar-refractivity contribution in [1.29, 1.82) is 0 Å². The van der Waals surface area contributed by atoms with Gasteiger partial charge in [-0.25, -0.2) is 0 Å². The second-order valence-corrected chi connectivity index (χ2v) is 0.908. The third-order valence-electron chi connectivity index (χ3n) is 0.414. The first kappa shape index (κ1) is 10.6. The Morgan fingerprint density at radius 2 is 1.29 bits per heavy atom. The van der Waals surface area contributed by atoms with Gasteiger partial charge in [0.25, 0.3) is 0 Å². The molecule has 0 radical (unpaired) electrons. The van der Waals surface area contributed by atoms with Gasteiger partial charge in [-0.15, -0.1) is 24.7 Å². The maximum atomic E-state index is 4.87. The molecule has 0 amide bonds. The molecule has 7 heavy (non-hydrogen) atoms. The van der Waals surface area contributed by atoms with Crippen molar-refractivity contribution in [2.24, 2.45) is 0 Å². The zero-order valence-electron chi connectivity index (χ0n) is 3.57. The first-order valence-corrected chi connectivity index (χ1v) is 1.78. The SMILES string of the molecule is C#CCCC#C.[BaH2]. The van der Waals surface area contributed by atoms with E-state index < -0.39 is 0 Å². The molecule has 0 aromatic carbocycles. The molecular weight excluding hydrogens is 209 g/mol. The quantitative estimate of drug-likeness (QED) is 0.332. The van der Waals surface area contributed by atoms with Crippen LogP contribution in [0.3, 0.4) is 0 Å². The third kappa shape index (κ3) is 10.8. The predicted octanol–water partition coefficient (Wildman–Crippen LogP) is 0.117. The maximum absolute atomic E-state index is 4.87. The predicted molar refractivity (Wildman–Crippen MR) is 35.4 cm³/mol. The molecule has 0 aliphatic rings. The molecule has 0 bridgehead atoms. The molecule has 0 saturated carbocycles. The van der Waals surface area contributed by atoms with Crippen molar-refractivity contribution < 1.29 is 0 Å². The fourth-order valence-electron chi connectivity index (χ4n) is 0.144. The van der Waals surface area contributed by atoms with Gasteiger partial charge in [0.2, 0.25) is 0 Å². The Morgan fingerprint density at radius 3 is 1.43 bits per heavy atom. The molecule has 0 N–H and O–H groups in total. The van der Waals surface area contributed by atoms with E-state index in [0.29, 0.717) is 12.8 Å². The van der Waals surface area contributed by atoms with Crippen LogP contribution in [0.5, 0.6) is 0 Å². The molecular formula is C6H8Ba. The van der Waals surface area contributed by atoms with E-state index in [2.05, 4.69) is 11.8 Å². The Kier molecular flexibility index (Phi) is 15.0. The normalized spacial score (nSPS) is 4.86. The average molecular weight is 217 g/mol. The zero-order valence-corrected chi connectivity index (χ0v) is 3.57. The topological polar surface area (TPSA) is 0 Å². The number of hydrogen-bond donors (Lipinski definition) is 0. The number of hydrogen-bond acceptors (Lipinski definition) is 0. The van der Waals surface area contributed by atoms with Gasteiger partial charge in [0, 0.05) is 12.8 Å². The molecule has 0 fully saturated rings. The molecule has 0 aromatic heterocycles. The van der Waals surface area contributed by atoms with Gasteiger partial charge in [-0.1, -0.05) is 0 Å². The molecule has 0 aromatic rings. The molecule has 0 unspecified atom stereocenters. The second-order valence-electron chi connectivity index (χ2n) is 0.908. The molecule has 0 aliphatic heterocycles. The molecule has 0 heterocycles. The van der Waals surface area contributed by atoms with Gasteiger partial charge >= 0.3 is 48.9 Å². The fourth-order valence-corrected chi connectivity index (χ4v) is 0.144. The molecule has 0 spiro atoms. The van der Waals surface area contributed by atoms with Crippen LogP contribution < -0.4 is 0 Å². The number of rotatable bonds is 1. The van der Waals surface area contributed by atoms with E-state index in [1.807, 2.05) is 0 Å². The molecule has 0 atom stereocenters. The van der Waals surface area contributed by atoms with E-state index in [4.69, 9.17) is 12.8 Å². The van der Waals surface area contributed by atoms with E-state index in [1.165, 1.54) is 0 Å². The summed E-state index contributed by atoms with van der Waals surface area (Å²) in [5.74, 6) is 4.85. The fraction of sp³-hybridized carbons (Fsp3) is 0.333. The summed E-state index contributed by atoms with van der Waals surface area (Å²) >= 11 is 0. The summed E-state index contributed by atoms with van der Waals surface area (Å²) in [6, 6.07) is 0. The summed E-state index contributed by atoms with van der Waals surface area (Å²) in [5.41, 5.74) is 0.